The zero-order valence-corrected chi connectivity index (χ0v) is 17.6. The first kappa shape index (κ1) is 22.9. The molecular weight excluding hydrogens is 453 g/mol. The molecule has 2 aromatic rings. The molecule has 0 spiro atoms. The SMILES string of the molecule is [2H]c1cc([C@@H]2[C@@H](C)[C@@](C)(C(F)(F)F)O[C@H]2C(=O)Nc2ccnc(C(N)=O)c2)c(OC)c(F)c1F. The lowest BCUT2D eigenvalue weighted by molar-refractivity contribution is -0.272. The van der Waals surface area contributed by atoms with Gasteiger partial charge in [-0.3, -0.25) is 14.6 Å². The minimum atomic E-state index is -4.94. The van der Waals surface area contributed by atoms with E-state index < -0.39 is 65.0 Å². The number of anilines is 1. The second kappa shape index (κ2) is 8.58. The molecule has 12 heteroatoms. The van der Waals surface area contributed by atoms with E-state index in [1.54, 1.807) is 0 Å². The van der Waals surface area contributed by atoms with Gasteiger partial charge in [0, 0.05) is 29.3 Å². The maximum absolute atomic E-state index is 14.5. The number of alkyl halides is 3. The summed E-state index contributed by atoms with van der Waals surface area (Å²) in [7, 11) is 0.978. The molecule has 3 rings (SSSR count). The van der Waals surface area contributed by atoms with Crippen molar-refractivity contribution in [2.45, 2.75) is 37.6 Å². The predicted octanol–water partition coefficient (Wildman–Crippen LogP) is 3.55. The van der Waals surface area contributed by atoms with Gasteiger partial charge in [0.25, 0.3) is 11.8 Å². The van der Waals surface area contributed by atoms with E-state index in [1.165, 1.54) is 6.07 Å². The number of amides is 2. The zero-order chi connectivity index (χ0) is 25.6. The van der Waals surface area contributed by atoms with Crippen molar-refractivity contribution in [2.24, 2.45) is 11.7 Å². The van der Waals surface area contributed by atoms with Crippen LogP contribution in [0.2, 0.25) is 0 Å². The molecular formula is C21H20F5N3O4. The Labute approximate surface area is 186 Å². The normalized spacial score (nSPS) is 25.5. The molecule has 0 unspecified atom stereocenters. The van der Waals surface area contributed by atoms with Gasteiger partial charge in [-0.2, -0.15) is 17.6 Å². The minimum Gasteiger partial charge on any atom is -0.493 e. The topological polar surface area (TPSA) is 104 Å². The van der Waals surface area contributed by atoms with Gasteiger partial charge in [-0.15, -0.1) is 0 Å². The van der Waals surface area contributed by atoms with Crippen molar-refractivity contribution in [2.75, 3.05) is 12.4 Å². The molecule has 0 aliphatic carbocycles. The number of hydrogen-bond donors (Lipinski definition) is 2. The second-order valence-electron chi connectivity index (χ2n) is 7.65. The van der Waals surface area contributed by atoms with Gasteiger partial charge < -0.3 is 20.5 Å². The molecule has 1 fully saturated rings. The quantitative estimate of drug-likeness (QED) is 0.646. The van der Waals surface area contributed by atoms with Crippen molar-refractivity contribution in [1.29, 1.82) is 0 Å². The van der Waals surface area contributed by atoms with E-state index in [0.717, 1.165) is 39.3 Å². The summed E-state index contributed by atoms with van der Waals surface area (Å²) in [4.78, 5) is 28.1. The van der Waals surface area contributed by atoms with Gasteiger partial charge in [0.2, 0.25) is 5.82 Å². The molecule has 1 saturated heterocycles. The smallest absolute Gasteiger partial charge is 0.417 e. The van der Waals surface area contributed by atoms with Crippen LogP contribution < -0.4 is 15.8 Å². The third kappa shape index (κ3) is 4.22. The highest BCUT2D eigenvalue weighted by atomic mass is 19.4. The summed E-state index contributed by atoms with van der Waals surface area (Å²) < 4.78 is 88.2. The van der Waals surface area contributed by atoms with Crippen LogP contribution in [0.1, 0.15) is 37.2 Å². The zero-order valence-electron chi connectivity index (χ0n) is 18.6. The lowest BCUT2D eigenvalue weighted by Crippen LogP contribution is -2.47. The van der Waals surface area contributed by atoms with Crippen LogP contribution in [-0.2, 0) is 9.53 Å². The number of aromatic nitrogens is 1. The summed E-state index contributed by atoms with van der Waals surface area (Å²) in [6, 6.07) is 2.25. The molecule has 1 aliphatic rings. The van der Waals surface area contributed by atoms with E-state index in [-0.39, 0.29) is 16.9 Å². The van der Waals surface area contributed by atoms with Crippen molar-refractivity contribution in [3.05, 3.63) is 53.3 Å². The Balaban J connectivity index is 2.12. The van der Waals surface area contributed by atoms with E-state index >= 15 is 0 Å². The Kier molecular flexibility index (Phi) is 5.95. The summed E-state index contributed by atoms with van der Waals surface area (Å²) in [6.07, 6.45) is -5.65. The van der Waals surface area contributed by atoms with Crippen molar-refractivity contribution in [1.82, 2.24) is 4.98 Å². The summed E-state index contributed by atoms with van der Waals surface area (Å²) in [5.74, 6) is -8.81. The highest BCUT2D eigenvalue weighted by Crippen LogP contribution is 2.55. The fraction of sp³-hybridized carbons (Fsp3) is 0.381. The molecule has 4 atom stereocenters. The van der Waals surface area contributed by atoms with Crippen LogP contribution >= 0.6 is 0 Å². The van der Waals surface area contributed by atoms with Crippen LogP contribution in [0.4, 0.5) is 27.6 Å². The number of nitrogens with zero attached hydrogens (tertiary/aromatic N) is 1. The van der Waals surface area contributed by atoms with Crippen LogP contribution in [0, 0.1) is 17.6 Å². The summed E-state index contributed by atoms with van der Waals surface area (Å²) in [5, 5.41) is 2.33. The third-order valence-electron chi connectivity index (χ3n) is 5.78. The highest BCUT2D eigenvalue weighted by Gasteiger charge is 2.65. The molecule has 0 bridgehead atoms. The van der Waals surface area contributed by atoms with Gasteiger partial charge in [0.15, 0.2) is 17.2 Å². The van der Waals surface area contributed by atoms with Gasteiger partial charge in [-0.1, -0.05) is 13.0 Å². The first-order valence-electron chi connectivity index (χ1n) is 10.1. The van der Waals surface area contributed by atoms with Crippen LogP contribution in [0.15, 0.2) is 30.4 Å². The lowest BCUT2D eigenvalue weighted by atomic mass is 9.77. The van der Waals surface area contributed by atoms with E-state index in [0.29, 0.717) is 0 Å². The van der Waals surface area contributed by atoms with Crippen molar-refractivity contribution in [3.8, 4) is 5.75 Å². The van der Waals surface area contributed by atoms with Gasteiger partial charge in [0.05, 0.1) is 8.48 Å². The maximum Gasteiger partial charge on any atom is 0.417 e. The summed E-state index contributed by atoms with van der Waals surface area (Å²) in [5.41, 5.74) is 1.74. The van der Waals surface area contributed by atoms with Crippen LogP contribution in [0.25, 0.3) is 0 Å². The number of halogens is 5. The Morgan fingerprint density at radius 3 is 2.58 bits per heavy atom. The molecule has 1 aromatic carbocycles. The van der Waals surface area contributed by atoms with Gasteiger partial charge in [0.1, 0.15) is 11.8 Å². The largest absolute Gasteiger partial charge is 0.493 e. The van der Waals surface area contributed by atoms with Gasteiger partial charge in [-0.25, -0.2) is 4.39 Å². The van der Waals surface area contributed by atoms with Crippen molar-refractivity contribution in [3.63, 3.8) is 0 Å². The summed E-state index contributed by atoms with van der Waals surface area (Å²) in [6.45, 7) is 1.89. The van der Waals surface area contributed by atoms with E-state index in [1.807, 2.05) is 0 Å². The molecule has 3 N–H and O–H groups in total. The summed E-state index contributed by atoms with van der Waals surface area (Å²) >= 11 is 0. The molecule has 2 heterocycles. The number of ether oxygens (including phenoxy) is 2. The molecule has 7 nitrogen and oxygen atoms in total. The maximum atomic E-state index is 14.5. The lowest BCUT2D eigenvalue weighted by Gasteiger charge is -2.32. The van der Waals surface area contributed by atoms with Crippen molar-refractivity contribution >= 4 is 17.5 Å². The third-order valence-corrected chi connectivity index (χ3v) is 5.78. The van der Waals surface area contributed by atoms with Crippen LogP contribution in [0.5, 0.6) is 5.75 Å². The molecule has 178 valence electrons. The number of rotatable bonds is 5. The standard InChI is InChI=1S/C21H20F5N3O4/c1-9-14(11-4-5-12(22)15(23)16(11)32-3)17(33-20(9,2)21(24,25)26)19(31)29-10-6-7-28-13(8-10)18(27)30/h4-9,14,17H,1-3H3,(H2,27,30)(H,28,29,31)/t9-,14+,17-,20+/m1/s1/i5D. The molecule has 0 radical (unpaired) electrons. The number of primary amides is 1. The number of pyridine rings is 1. The Morgan fingerprint density at radius 2 is 2.00 bits per heavy atom. The van der Waals surface area contributed by atoms with Gasteiger partial charge in [-0.05, 0) is 25.1 Å². The Bertz CT molecular complexity index is 1150. The first-order chi connectivity index (χ1) is 15.7. The number of nitrogens with one attached hydrogen (secondary N) is 1. The van der Waals surface area contributed by atoms with E-state index in [4.69, 9.17) is 16.6 Å². The van der Waals surface area contributed by atoms with Crippen LogP contribution in [-0.4, -0.2) is 41.8 Å². The highest BCUT2D eigenvalue weighted by molar-refractivity contribution is 5.97. The first-order valence-corrected chi connectivity index (χ1v) is 9.56. The number of nitrogens with two attached hydrogens (primary N) is 1. The van der Waals surface area contributed by atoms with Crippen molar-refractivity contribution < 1.29 is 42.4 Å². The predicted molar refractivity (Wildman–Crippen MR) is 106 cm³/mol. The van der Waals surface area contributed by atoms with E-state index in [9.17, 15) is 31.5 Å². The monoisotopic (exact) mass is 474 g/mol. The average Bonchev–Trinajstić information content (AvgIpc) is 3.04. The number of hydrogen-bond acceptors (Lipinski definition) is 5. The number of benzene rings is 1. The minimum absolute atomic E-state index is 0.0113. The number of carbonyl (C=O) groups is 2. The van der Waals surface area contributed by atoms with Gasteiger partial charge >= 0.3 is 6.18 Å². The number of methoxy groups -OCH3 is 1. The molecule has 1 aromatic heterocycles. The van der Waals surface area contributed by atoms with Crippen LogP contribution in [0.3, 0.4) is 0 Å². The Morgan fingerprint density at radius 1 is 1.33 bits per heavy atom. The molecule has 2 amide bonds. The molecule has 1 aliphatic heterocycles. The fourth-order valence-corrected chi connectivity index (χ4v) is 3.83. The average molecular weight is 474 g/mol. The Hall–Kier alpha value is -3.28. The number of carbonyl (C=O) groups excluding carboxylic acids is 2. The molecule has 33 heavy (non-hydrogen) atoms. The fourth-order valence-electron chi connectivity index (χ4n) is 3.83. The molecule has 0 saturated carbocycles. The van der Waals surface area contributed by atoms with E-state index in [2.05, 4.69) is 10.3 Å². The second-order valence-corrected chi connectivity index (χ2v) is 7.65.